The van der Waals surface area contributed by atoms with Crippen LogP contribution in [0.3, 0.4) is 0 Å². The summed E-state index contributed by atoms with van der Waals surface area (Å²) in [6.45, 7) is 0.437. The molecule has 7 heteroatoms. The number of fused-ring (bicyclic) bond motifs is 3. The Morgan fingerprint density at radius 1 is 1.10 bits per heavy atom. The molecule has 2 aromatic rings. The number of hydrogen-bond donors (Lipinski definition) is 0. The van der Waals surface area contributed by atoms with Gasteiger partial charge in [-0.3, -0.25) is 14.5 Å². The van der Waals surface area contributed by atoms with Crippen molar-refractivity contribution in [1.82, 2.24) is 4.90 Å². The van der Waals surface area contributed by atoms with E-state index in [1.54, 1.807) is 30.3 Å². The highest BCUT2D eigenvalue weighted by Gasteiger charge is 2.61. The number of esters is 1. The molecule has 7 nitrogen and oxygen atoms in total. The van der Waals surface area contributed by atoms with Gasteiger partial charge < -0.3 is 14.4 Å². The quantitative estimate of drug-likeness (QED) is 0.644. The van der Waals surface area contributed by atoms with Crippen molar-refractivity contribution in [2.24, 2.45) is 0 Å². The molecule has 0 bridgehead atoms. The van der Waals surface area contributed by atoms with Gasteiger partial charge in [-0.15, -0.1) is 0 Å². The minimum atomic E-state index is -1.50. The van der Waals surface area contributed by atoms with Crippen LogP contribution in [0, 0.1) is 0 Å². The first kappa shape index (κ1) is 20.8. The number of carbonyl (C=O) groups is 3. The van der Waals surface area contributed by atoms with E-state index in [1.807, 2.05) is 36.4 Å². The molecule has 0 unspecified atom stereocenters. The predicted molar refractivity (Wildman–Crippen MR) is 115 cm³/mol. The molecule has 2 heterocycles. The molecule has 0 spiro atoms. The van der Waals surface area contributed by atoms with E-state index in [1.165, 1.54) is 16.9 Å². The Labute approximate surface area is 180 Å². The van der Waals surface area contributed by atoms with Crippen LogP contribution in [0.25, 0.3) is 6.08 Å². The number of nitrogens with zero attached hydrogens (tertiary/aromatic N) is 2. The maximum Gasteiger partial charge on any atom is 0.354 e. The zero-order chi connectivity index (χ0) is 21.8. The van der Waals surface area contributed by atoms with E-state index in [0.717, 1.165) is 5.56 Å². The van der Waals surface area contributed by atoms with Crippen molar-refractivity contribution in [1.29, 1.82) is 0 Å². The van der Waals surface area contributed by atoms with Gasteiger partial charge in [0.15, 0.2) is 0 Å². The third-order valence-corrected chi connectivity index (χ3v) is 5.64. The third kappa shape index (κ3) is 3.61. The molecule has 160 valence electrons. The minimum Gasteiger partial charge on any atom is -0.458 e. The second-order valence-electron chi connectivity index (χ2n) is 7.42. The standard InChI is InChI=1S/C24H24N2O5/c1-30-17-15-25-22(28)19-11-5-6-12-20(19)26-21(27)13-14-24(25,26)23(29)31-16-7-10-18-8-3-2-4-9-18/h2-12H,13-17H2,1H3/b10-7+/t24-/m0/s1. The van der Waals surface area contributed by atoms with Crippen LogP contribution in [-0.2, 0) is 19.1 Å². The maximum atomic E-state index is 13.4. The Bertz CT molecular complexity index is 1020. The third-order valence-electron chi connectivity index (χ3n) is 5.64. The normalized spacial score (nSPS) is 20.2. The van der Waals surface area contributed by atoms with Gasteiger partial charge in [0.1, 0.15) is 6.61 Å². The summed E-state index contributed by atoms with van der Waals surface area (Å²) in [7, 11) is 1.53. The van der Waals surface area contributed by atoms with Crippen LogP contribution < -0.4 is 4.90 Å². The van der Waals surface area contributed by atoms with E-state index in [4.69, 9.17) is 9.47 Å². The smallest absolute Gasteiger partial charge is 0.354 e. The van der Waals surface area contributed by atoms with Gasteiger partial charge in [-0.1, -0.05) is 48.5 Å². The fraction of sp³-hybridized carbons (Fsp3) is 0.292. The lowest BCUT2D eigenvalue weighted by Gasteiger charge is -2.48. The van der Waals surface area contributed by atoms with Crippen molar-refractivity contribution < 1.29 is 23.9 Å². The Morgan fingerprint density at radius 2 is 1.84 bits per heavy atom. The van der Waals surface area contributed by atoms with E-state index < -0.39 is 11.6 Å². The first-order valence-corrected chi connectivity index (χ1v) is 10.2. The van der Waals surface area contributed by atoms with Gasteiger partial charge in [-0.05, 0) is 23.8 Å². The van der Waals surface area contributed by atoms with Crippen LogP contribution in [0.5, 0.6) is 0 Å². The maximum absolute atomic E-state index is 13.4. The molecule has 2 amide bonds. The second kappa shape index (κ2) is 8.73. The summed E-state index contributed by atoms with van der Waals surface area (Å²) in [6.07, 6.45) is 3.92. The zero-order valence-electron chi connectivity index (χ0n) is 17.3. The molecule has 2 aromatic carbocycles. The largest absolute Gasteiger partial charge is 0.458 e. The van der Waals surface area contributed by atoms with Gasteiger partial charge in [-0.25, -0.2) is 4.79 Å². The Kier molecular flexibility index (Phi) is 5.86. The molecule has 2 aliphatic rings. The molecule has 0 aliphatic carbocycles. The number of carbonyl (C=O) groups excluding carboxylic acids is 3. The molecule has 1 fully saturated rings. The van der Waals surface area contributed by atoms with Crippen LogP contribution in [0.15, 0.2) is 60.7 Å². The minimum absolute atomic E-state index is 0.0332. The van der Waals surface area contributed by atoms with Gasteiger partial charge >= 0.3 is 5.97 Å². The molecule has 0 saturated carbocycles. The van der Waals surface area contributed by atoms with Gasteiger partial charge in [0.2, 0.25) is 11.6 Å². The number of anilines is 1. The Morgan fingerprint density at radius 3 is 2.61 bits per heavy atom. The highest BCUT2D eigenvalue weighted by molar-refractivity contribution is 6.15. The van der Waals surface area contributed by atoms with E-state index >= 15 is 0 Å². The summed E-state index contributed by atoms with van der Waals surface area (Å²) in [6, 6.07) is 16.5. The van der Waals surface area contributed by atoms with Crippen molar-refractivity contribution in [2.75, 3.05) is 31.8 Å². The fourth-order valence-electron chi connectivity index (χ4n) is 4.22. The molecule has 0 N–H and O–H groups in total. The van der Waals surface area contributed by atoms with Crippen LogP contribution in [0.4, 0.5) is 5.69 Å². The number of amides is 2. The number of methoxy groups -OCH3 is 1. The summed E-state index contributed by atoms with van der Waals surface area (Å²) in [5.41, 5.74) is 0.321. The van der Waals surface area contributed by atoms with Crippen LogP contribution >= 0.6 is 0 Å². The lowest BCUT2D eigenvalue weighted by Crippen LogP contribution is -2.69. The monoisotopic (exact) mass is 420 g/mol. The van der Waals surface area contributed by atoms with E-state index in [0.29, 0.717) is 11.3 Å². The molecule has 2 aliphatic heterocycles. The van der Waals surface area contributed by atoms with Crippen molar-refractivity contribution in [3.05, 3.63) is 71.8 Å². The predicted octanol–water partition coefficient (Wildman–Crippen LogP) is 2.87. The fourth-order valence-corrected chi connectivity index (χ4v) is 4.22. The topological polar surface area (TPSA) is 76.2 Å². The number of ether oxygens (including phenoxy) is 2. The number of rotatable bonds is 7. The molecular weight excluding hydrogens is 396 g/mol. The van der Waals surface area contributed by atoms with E-state index in [-0.39, 0.29) is 44.4 Å². The first-order valence-electron chi connectivity index (χ1n) is 10.2. The zero-order valence-corrected chi connectivity index (χ0v) is 17.3. The van der Waals surface area contributed by atoms with Crippen molar-refractivity contribution in [3.8, 4) is 0 Å². The summed E-state index contributed by atoms with van der Waals surface area (Å²) in [5, 5.41) is 0. The lowest BCUT2D eigenvalue weighted by molar-refractivity contribution is -0.156. The summed E-state index contributed by atoms with van der Waals surface area (Å²) < 4.78 is 10.7. The van der Waals surface area contributed by atoms with Crippen molar-refractivity contribution in [2.45, 2.75) is 18.5 Å². The summed E-state index contributed by atoms with van der Waals surface area (Å²) >= 11 is 0. The Hall–Kier alpha value is -3.45. The van der Waals surface area contributed by atoms with E-state index in [2.05, 4.69) is 0 Å². The number of benzene rings is 2. The molecule has 31 heavy (non-hydrogen) atoms. The van der Waals surface area contributed by atoms with Gasteiger partial charge in [0.05, 0.1) is 17.9 Å². The van der Waals surface area contributed by atoms with Gasteiger partial charge in [0, 0.05) is 26.5 Å². The van der Waals surface area contributed by atoms with Crippen LogP contribution in [0.2, 0.25) is 0 Å². The molecule has 1 atom stereocenters. The molecule has 1 saturated heterocycles. The first-order chi connectivity index (χ1) is 15.1. The van der Waals surface area contributed by atoms with Crippen molar-refractivity contribution in [3.63, 3.8) is 0 Å². The lowest BCUT2D eigenvalue weighted by atomic mass is 9.96. The highest BCUT2D eigenvalue weighted by atomic mass is 16.5. The van der Waals surface area contributed by atoms with E-state index in [9.17, 15) is 14.4 Å². The highest BCUT2D eigenvalue weighted by Crippen LogP contribution is 2.44. The average molecular weight is 420 g/mol. The van der Waals surface area contributed by atoms with Crippen LogP contribution in [-0.4, -0.2) is 55.2 Å². The molecule has 0 radical (unpaired) electrons. The molecular formula is C24H24N2O5. The van der Waals surface area contributed by atoms with Crippen molar-refractivity contribution >= 4 is 29.5 Å². The molecule has 4 rings (SSSR count). The molecule has 0 aromatic heterocycles. The SMILES string of the molecule is COCCN1C(=O)c2ccccc2N2C(=O)CC[C@]12C(=O)OC/C=C/c1ccccc1. The second-order valence-corrected chi connectivity index (χ2v) is 7.42. The summed E-state index contributed by atoms with van der Waals surface area (Å²) in [4.78, 5) is 42.4. The van der Waals surface area contributed by atoms with Gasteiger partial charge in [0.25, 0.3) is 5.91 Å². The Balaban J connectivity index is 1.64. The van der Waals surface area contributed by atoms with Crippen LogP contribution in [0.1, 0.15) is 28.8 Å². The average Bonchev–Trinajstić information content (AvgIpc) is 3.15. The van der Waals surface area contributed by atoms with Gasteiger partial charge in [-0.2, -0.15) is 0 Å². The number of para-hydroxylation sites is 1. The summed E-state index contributed by atoms with van der Waals surface area (Å²) in [5.74, 6) is -1.13. The number of hydrogen-bond acceptors (Lipinski definition) is 5.